The van der Waals surface area contributed by atoms with E-state index in [-0.39, 0.29) is 11.6 Å². The van der Waals surface area contributed by atoms with Crippen LogP contribution in [0, 0.1) is 13.8 Å². The van der Waals surface area contributed by atoms with Crippen LogP contribution in [0.15, 0.2) is 23.0 Å². The SMILES string of the molecule is Cc1cc2cc([C@@H](c3nnnn3C3CCCC3)N3CCN(C)CC3)c(=O)[nH]c2cc1C. The third-order valence-corrected chi connectivity index (χ3v) is 7.12. The van der Waals surface area contributed by atoms with Gasteiger partial charge in [-0.15, -0.1) is 5.10 Å². The van der Waals surface area contributed by atoms with Crippen LogP contribution in [-0.2, 0) is 0 Å². The van der Waals surface area contributed by atoms with Crippen LogP contribution in [0.1, 0.15) is 60.3 Å². The van der Waals surface area contributed by atoms with E-state index in [1.165, 1.54) is 24.0 Å². The van der Waals surface area contributed by atoms with Crippen molar-refractivity contribution in [3.05, 3.63) is 51.1 Å². The summed E-state index contributed by atoms with van der Waals surface area (Å²) in [7, 11) is 2.14. The highest BCUT2D eigenvalue weighted by molar-refractivity contribution is 5.81. The highest BCUT2D eigenvalue weighted by atomic mass is 16.1. The maximum atomic E-state index is 13.3. The minimum Gasteiger partial charge on any atom is -0.322 e. The Morgan fingerprint density at radius 2 is 1.74 bits per heavy atom. The molecular weight excluding hydrogens is 390 g/mol. The van der Waals surface area contributed by atoms with Crippen molar-refractivity contribution in [1.29, 1.82) is 0 Å². The van der Waals surface area contributed by atoms with Gasteiger partial charge in [0.15, 0.2) is 5.82 Å². The van der Waals surface area contributed by atoms with E-state index in [0.717, 1.165) is 61.3 Å². The number of likely N-dealkylation sites (N-methyl/N-ethyl adjacent to an activating group) is 1. The number of aryl methyl sites for hydroxylation is 2. The van der Waals surface area contributed by atoms with Crippen LogP contribution in [0.25, 0.3) is 10.9 Å². The molecule has 1 aliphatic carbocycles. The van der Waals surface area contributed by atoms with Crippen LogP contribution in [-0.4, -0.2) is 68.2 Å². The number of pyridine rings is 1. The number of nitrogens with zero attached hydrogens (tertiary/aromatic N) is 6. The standard InChI is InChI=1S/C23H31N7O/c1-15-12-17-14-19(23(31)24-20(17)13-16(15)2)21(29-10-8-28(3)9-11-29)22-25-26-27-30(22)18-6-4-5-7-18/h12-14,18,21H,4-11H2,1-3H3,(H,24,31)/t21-/m0/s1. The molecule has 1 aromatic carbocycles. The lowest BCUT2D eigenvalue weighted by molar-refractivity contribution is 0.120. The van der Waals surface area contributed by atoms with Crippen molar-refractivity contribution in [3.8, 4) is 0 Å². The fraction of sp³-hybridized carbons (Fsp3) is 0.565. The molecule has 5 rings (SSSR count). The van der Waals surface area contributed by atoms with Gasteiger partial charge in [-0.3, -0.25) is 9.69 Å². The lowest BCUT2D eigenvalue weighted by Crippen LogP contribution is -2.47. The van der Waals surface area contributed by atoms with Crippen LogP contribution in [0.2, 0.25) is 0 Å². The molecule has 8 heteroatoms. The lowest BCUT2D eigenvalue weighted by Gasteiger charge is -2.37. The molecule has 0 radical (unpaired) electrons. The zero-order valence-corrected chi connectivity index (χ0v) is 18.6. The number of hydrogen-bond donors (Lipinski definition) is 1. The van der Waals surface area contributed by atoms with Crippen molar-refractivity contribution in [2.24, 2.45) is 0 Å². The topological polar surface area (TPSA) is 82.9 Å². The average molecular weight is 422 g/mol. The highest BCUT2D eigenvalue weighted by Gasteiger charge is 2.34. The fourth-order valence-corrected chi connectivity index (χ4v) is 5.07. The van der Waals surface area contributed by atoms with Crippen LogP contribution < -0.4 is 5.56 Å². The molecule has 1 saturated carbocycles. The van der Waals surface area contributed by atoms with Crippen molar-refractivity contribution in [2.75, 3.05) is 33.2 Å². The smallest absolute Gasteiger partial charge is 0.253 e. The first kappa shape index (κ1) is 20.3. The Labute approximate surface area is 182 Å². The predicted molar refractivity (Wildman–Crippen MR) is 120 cm³/mol. The molecular formula is C23H31N7O. The van der Waals surface area contributed by atoms with E-state index in [2.05, 4.69) is 69.4 Å². The van der Waals surface area contributed by atoms with E-state index in [9.17, 15) is 4.79 Å². The van der Waals surface area contributed by atoms with E-state index >= 15 is 0 Å². The number of H-pyrrole nitrogens is 1. The minimum atomic E-state index is -0.251. The molecule has 2 fully saturated rings. The normalized spacial score (nSPS) is 20.0. The molecule has 3 heterocycles. The second-order valence-corrected chi connectivity index (χ2v) is 9.24. The van der Waals surface area contributed by atoms with Gasteiger partial charge in [0.1, 0.15) is 6.04 Å². The molecule has 1 saturated heterocycles. The summed E-state index contributed by atoms with van der Waals surface area (Å²) in [6.45, 7) is 7.87. The third-order valence-electron chi connectivity index (χ3n) is 7.12. The second-order valence-electron chi connectivity index (χ2n) is 9.24. The van der Waals surface area contributed by atoms with Gasteiger partial charge in [0.25, 0.3) is 5.56 Å². The van der Waals surface area contributed by atoms with Crippen molar-refractivity contribution >= 4 is 10.9 Å². The summed E-state index contributed by atoms with van der Waals surface area (Å²) >= 11 is 0. The van der Waals surface area contributed by atoms with Gasteiger partial charge in [-0.2, -0.15) is 0 Å². The van der Waals surface area contributed by atoms with Gasteiger partial charge in [-0.05, 0) is 78.9 Å². The lowest BCUT2D eigenvalue weighted by atomic mass is 10.00. The molecule has 31 heavy (non-hydrogen) atoms. The quantitative estimate of drug-likeness (QED) is 0.697. The molecule has 0 unspecified atom stereocenters. The Hall–Kier alpha value is -2.58. The van der Waals surface area contributed by atoms with Gasteiger partial charge in [-0.1, -0.05) is 12.8 Å². The number of aromatic nitrogens is 5. The first-order chi connectivity index (χ1) is 15.0. The molecule has 2 aromatic heterocycles. The summed E-state index contributed by atoms with van der Waals surface area (Å²) in [5.74, 6) is 0.796. The Bertz CT molecular complexity index is 1140. The molecule has 0 spiro atoms. The van der Waals surface area contributed by atoms with Crippen LogP contribution in [0.4, 0.5) is 0 Å². The van der Waals surface area contributed by atoms with Gasteiger partial charge < -0.3 is 9.88 Å². The van der Waals surface area contributed by atoms with Crippen LogP contribution in [0.5, 0.6) is 0 Å². The summed E-state index contributed by atoms with van der Waals surface area (Å²) in [5.41, 5.74) is 3.95. The maximum absolute atomic E-state index is 13.3. The third kappa shape index (κ3) is 3.78. The number of aromatic amines is 1. The van der Waals surface area contributed by atoms with Gasteiger partial charge in [0.05, 0.1) is 6.04 Å². The average Bonchev–Trinajstić information content (AvgIpc) is 3.43. The molecule has 1 aliphatic heterocycles. The van der Waals surface area contributed by atoms with Crippen molar-refractivity contribution in [2.45, 2.75) is 51.6 Å². The molecule has 0 bridgehead atoms. The highest BCUT2D eigenvalue weighted by Crippen LogP contribution is 2.34. The van der Waals surface area contributed by atoms with Crippen molar-refractivity contribution < 1.29 is 0 Å². The van der Waals surface area contributed by atoms with Crippen LogP contribution in [0.3, 0.4) is 0 Å². The van der Waals surface area contributed by atoms with Crippen molar-refractivity contribution in [1.82, 2.24) is 35.0 Å². The van der Waals surface area contributed by atoms with Gasteiger partial charge >= 0.3 is 0 Å². The number of nitrogens with one attached hydrogen (secondary N) is 1. The molecule has 2 aliphatic rings. The molecule has 8 nitrogen and oxygen atoms in total. The number of hydrogen-bond acceptors (Lipinski definition) is 6. The molecule has 1 atom stereocenters. The van der Waals surface area contributed by atoms with Gasteiger partial charge in [0.2, 0.25) is 0 Å². The number of fused-ring (bicyclic) bond motifs is 1. The number of benzene rings is 1. The zero-order chi connectivity index (χ0) is 21.5. The van der Waals surface area contributed by atoms with E-state index in [0.29, 0.717) is 6.04 Å². The maximum Gasteiger partial charge on any atom is 0.253 e. The van der Waals surface area contributed by atoms with Crippen molar-refractivity contribution in [3.63, 3.8) is 0 Å². The molecule has 3 aromatic rings. The monoisotopic (exact) mass is 421 g/mol. The Balaban J connectivity index is 1.65. The molecule has 164 valence electrons. The van der Waals surface area contributed by atoms with Crippen LogP contribution >= 0.6 is 0 Å². The summed E-state index contributed by atoms with van der Waals surface area (Å²) in [6, 6.07) is 6.34. The summed E-state index contributed by atoms with van der Waals surface area (Å²) in [4.78, 5) is 21.2. The minimum absolute atomic E-state index is 0.0550. The summed E-state index contributed by atoms with van der Waals surface area (Å²) < 4.78 is 2.00. The van der Waals surface area contributed by atoms with E-state index < -0.39 is 0 Å². The summed E-state index contributed by atoms with van der Waals surface area (Å²) in [6.07, 6.45) is 4.61. The first-order valence-corrected chi connectivity index (χ1v) is 11.4. The summed E-state index contributed by atoms with van der Waals surface area (Å²) in [5, 5.41) is 14.0. The zero-order valence-electron chi connectivity index (χ0n) is 18.6. The second kappa shape index (κ2) is 8.16. The predicted octanol–water partition coefficient (Wildman–Crippen LogP) is 2.58. The first-order valence-electron chi connectivity index (χ1n) is 11.4. The van der Waals surface area contributed by atoms with Gasteiger partial charge in [0, 0.05) is 37.3 Å². The molecule has 0 amide bonds. The van der Waals surface area contributed by atoms with E-state index in [4.69, 9.17) is 0 Å². The Kier molecular flexibility index (Phi) is 5.35. The Morgan fingerprint density at radius 3 is 2.48 bits per heavy atom. The number of tetrazole rings is 1. The largest absolute Gasteiger partial charge is 0.322 e. The number of rotatable bonds is 4. The molecule has 1 N–H and O–H groups in total. The van der Waals surface area contributed by atoms with Gasteiger partial charge in [-0.25, -0.2) is 4.68 Å². The number of piperazine rings is 1. The fourth-order valence-electron chi connectivity index (χ4n) is 5.07. The van der Waals surface area contributed by atoms with E-state index in [1.54, 1.807) is 0 Å². The Morgan fingerprint density at radius 1 is 1.03 bits per heavy atom. The van der Waals surface area contributed by atoms with E-state index in [1.807, 2.05) is 4.68 Å².